The Morgan fingerprint density at radius 1 is 1.08 bits per heavy atom. The normalized spacial score (nSPS) is 11.5. The van der Waals surface area contributed by atoms with Crippen LogP contribution in [0.4, 0.5) is 11.4 Å². The van der Waals surface area contributed by atoms with Crippen LogP contribution in [-0.4, -0.2) is 47.0 Å². The predicted molar refractivity (Wildman–Crippen MR) is 102 cm³/mol. The molecule has 0 bridgehead atoms. The Hall–Kier alpha value is -2.13. The van der Waals surface area contributed by atoms with Gasteiger partial charge in [0.2, 0.25) is 0 Å². The van der Waals surface area contributed by atoms with Crippen molar-refractivity contribution in [2.75, 3.05) is 38.5 Å². The largest absolute Gasteiger partial charge is 0.375 e. The zero-order valence-electron chi connectivity index (χ0n) is 14.9. The van der Waals surface area contributed by atoms with Gasteiger partial charge in [-0.25, -0.2) is 8.42 Å². The van der Waals surface area contributed by atoms with Crippen LogP contribution in [0.1, 0.15) is 10.4 Å². The minimum Gasteiger partial charge on any atom is -0.375 e. The van der Waals surface area contributed by atoms with Crippen LogP contribution in [0.5, 0.6) is 0 Å². The van der Waals surface area contributed by atoms with Gasteiger partial charge in [0, 0.05) is 26.7 Å². The van der Waals surface area contributed by atoms with E-state index in [0.29, 0.717) is 22.0 Å². The van der Waals surface area contributed by atoms with Crippen molar-refractivity contribution in [3.63, 3.8) is 0 Å². The van der Waals surface area contributed by atoms with Gasteiger partial charge in [-0.15, -0.1) is 0 Å². The number of hydrogen-bond donors (Lipinski definition) is 1. The lowest BCUT2D eigenvalue weighted by atomic mass is 10.2. The molecule has 140 valence electrons. The fourth-order valence-electron chi connectivity index (χ4n) is 2.29. The maximum atomic E-state index is 12.5. The second-order valence-corrected chi connectivity index (χ2v) is 7.95. The van der Waals surface area contributed by atoms with Gasteiger partial charge in [-0.1, -0.05) is 22.1 Å². The van der Waals surface area contributed by atoms with Gasteiger partial charge in [-0.05, 0) is 36.4 Å². The number of carbonyl (C=O) groups is 1. The van der Waals surface area contributed by atoms with Crippen LogP contribution >= 0.6 is 11.6 Å². The summed E-state index contributed by atoms with van der Waals surface area (Å²) in [6, 6.07) is 10.8. The molecule has 0 saturated heterocycles. The van der Waals surface area contributed by atoms with Gasteiger partial charge in [-0.3, -0.25) is 9.63 Å². The van der Waals surface area contributed by atoms with Crippen LogP contribution in [0.3, 0.4) is 0 Å². The standard InChI is InChI=1S/C17H20ClN3O4S/c1-20(2)16-14(18)6-5-7-15(16)19-17(22)12-8-10-13(11-9-12)26(23,24)21(3)25-4/h5-11H,1-4H3,(H,19,22). The van der Waals surface area contributed by atoms with Gasteiger partial charge < -0.3 is 10.2 Å². The molecular formula is C17H20ClN3O4S. The number of nitrogens with zero attached hydrogens (tertiary/aromatic N) is 2. The number of para-hydroxylation sites is 1. The van der Waals surface area contributed by atoms with Crippen LogP contribution < -0.4 is 10.2 Å². The molecule has 9 heteroatoms. The van der Waals surface area contributed by atoms with Gasteiger partial charge in [0.15, 0.2) is 0 Å². The molecule has 1 amide bonds. The topological polar surface area (TPSA) is 78.9 Å². The highest BCUT2D eigenvalue weighted by molar-refractivity contribution is 7.89. The van der Waals surface area contributed by atoms with E-state index in [9.17, 15) is 13.2 Å². The number of halogens is 1. The van der Waals surface area contributed by atoms with E-state index in [0.717, 1.165) is 4.47 Å². The van der Waals surface area contributed by atoms with Crippen LogP contribution in [0.15, 0.2) is 47.4 Å². The lowest BCUT2D eigenvalue weighted by Crippen LogP contribution is -2.25. The van der Waals surface area contributed by atoms with Crippen molar-refractivity contribution in [1.82, 2.24) is 4.47 Å². The van der Waals surface area contributed by atoms with E-state index in [-0.39, 0.29) is 10.8 Å². The summed E-state index contributed by atoms with van der Waals surface area (Å²) < 4.78 is 25.1. The zero-order valence-corrected chi connectivity index (χ0v) is 16.4. The van der Waals surface area contributed by atoms with Gasteiger partial charge in [0.05, 0.1) is 28.4 Å². The Kier molecular flexibility index (Phi) is 6.25. The Morgan fingerprint density at radius 2 is 1.69 bits per heavy atom. The van der Waals surface area contributed by atoms with E-state index >= 15 is 0 Å². The van der Waals surface area contributed by atoms with Crippen molar-refractivity contribution >= 4 is 38.9 Å². The van der Waals surface area contributed by atoms with Crippen molar-refractivity contribution in [3.8, 4) is 0 Å². The molecule has 0 atom stereocenters. The summed E-state index contributed by atoms with van der Waals surface area (Å²) in [5, 5.41) is 3.30. The molecule has 0 fully saturated rings. The first kappa shape index (κ1) is 20.2. The van der Waals surface area contributed by atoms with Gasteiger partial charge in [0.1, 0.15) is 0 Å². The molecule has 0 aliphatic carbocycles. The number of nitrogens with one attached hydrogen (secondary N) is 1. The minimum atomic E-state index is -3.76. The summed E-state index contributed by atoms with van der Waals surface area (Å²) in [7, 11) is 2.43. The second-order valence-electron chi connectivity index (χ2n) is 5.61. The van der Waals surface area contributed by atoms with Gasteiger partial charge in [0.25, 0.3) is 15.9 Å². The molecule has 0 aromatic heterocycles. The number of hydrogen-bond acceptors (Lipinski definition) is 5. The summed E-state index contributed by atoms with van der Waals surface area (Å²) in [6.07, 6.45) is 0. The Bertz CT molecular complexity index is 899. The lowest BCUT2D eigenvalue weighted by molar-refractivity contribution is -0.0258. The molecule has 2 aromatic rings. The highest BCUT2D eigenvalue weighted by Gasteiger charge is 2.21. The fourth-order valence-corrected chi connectivity index (χ4v) is 3.61. The Morgan fingerprint density at radius 3 is 2.23 bits per heavy atom. The van der Waals surface area contributed by atoms with Crippen LogP contribution in [0.2, 0.25) is 5.02 Å². The zero-order chi connectivity index (χ0) is 19.5. The molecule has 0 saturated carbocycles. The predicted octanol–water partition coefficient (Wildman–Crippen LogP) is 2.84. The Labute approximate surface area is 158 Å². The van der Waals surface area contributed by atoms with Gasteiger partial charge in [-0.2, -0.15) is 0 Å². The molecule has 2 rings (SSSR count). The highest BCUT2D eigenvalue weighted by Crippen LogP contribution is 2.32. The highest BCUT2D eigenvalue weighted by atomic mass is 35.5. The molecular weight excluding hydrogens is 378 g/mol. The average Bonchev–Trinajstić information content (AvgIpc) is 2.60. The number of rotatable bonds is 6. The van der Waals surface area contributed by atoms with Crippen LogP contribution in [0, 0.1) is 0 Å². The van der Waals surface area contributed by atoms with E-state index in [2.05, 4.69) is 5.32 Å². The first-order valence-corrected chi connectivity index (χ1v) is 9.40. The van der Waals surface area contributed by atoms with Gasteiger partial charge >= 0.3 is 0 Å². The van der Waals surface area contributed by atoms with Crippen molar-refractivity contribution < 1.29 is 18.0 Å². The number of amides is 1. The van der Waals surface area contributed by atoms with E-state index in [1.807, 2.05) is 14.1 Å². The fraction of sp³-hybridized carbons (Fsp3) is 0.235. The summed E-state index contributed by atoms with van der Waals surface area (Å²) >= 11 is 6.19. The summed E-state index contributed by atoms with van der Waals surface area (Å²) in [5.74, 6) is -0.376. The molecule has 0 aliphatic heterocycles. The van der Waals surface area contributed by atoms with E-state index in [1.165, 1.54) is 38.4 Å². The van der Waals surface area contributed by atoms with Crippen molar-refractivity contribution in [2.45, 2.75) is 4.90 Å². The molecule has 0 spiro atoms. The maximum absolute atomic E-state index is 12.5. The van der Waals surface area contributed by atoms with E-state index in [4.69, 9.17) is 16.4 Å². The maximum Gasteiger partial charge on any atom is 0.264 e. The van der Waals surface area contributed by atoms with Crippen LogP contribution in [-0.2, 0) is 14.9 Å². The quantitative estimate of drug-likeness (QED) is 0.758. The molecule has 0 aliphatic rings. The number of anilines is 2. The average molecular weight is 398 g/mol. The third kappa shape index (κ3) is 4.16. The number of benzene rings is 2. The molecule has 0 unspecified atom stereocenters. The third-order valence-corrected chi connectivity index (χ3v) is 5.69. The van der Waals surface area contributed by atoms with Crippen molar-refractivity contribution in [3.05, 3.63) is 53.1 Å². The summed E-state index contributed by atoms with van der Waals surface area (Å²) in [6.45, 7) is 0. The van der Waals surface area contributed by atoms with E-state index in [1.54, 1.807) is 23.1 Å². The molecule has 0 heterocycles. The smallest absolute Gasteiger partial charge is 0.264 e. The SMILES string of the molecule is CON(C)S(=O)(=O)c1ccc(C(=O)Nc2cccc(Cl)c2N(C)C)cc1. The molecule has 2 aromatic carbocycles. The minimum absolute atomic E-state index is 0.0233. The second kappa shape index (κ2) is 8.05. The third-order valence-electron chi connectivity index (χ3n) is 3.69. The van der Waals surface area contributed by atoms with E-state index < -0.39 is 10.0 Å². The number of carbonyl (C=O) groups excluding carboxylic acids is 1. The molecule has 0 radical (unpaired) electrons. The number of hydroxylamine groups is 1. The van der Waals surface area contributed by atoms with Crippen molar-refractivity contribution in [2.24, 2.45) is 0 Å². The van der Waals surface area contributed by atoms with Crippen molar-refractivity contribution in [1.29, 1.82) is 0 Å². The monoisotopic (exact) mass is 397 g/mol. The molecule has 26 heavy (non-hydrogen) atoms. The Balaban J connectivity index is 2.26. The first-order valence-electron chi connectivity index (χ1n) is 7.58. The molecule has 7 nitrogen and oxygen atoms in total. The molecule has 1 N–H and O–H groups in total. The van der Waals surface area contributed by atoms with Crippen LogP contribution in [0.25, 0.3) is 0 Å². The lowest BCUT2D eigenvalue weighted by Gasteiger charge is -2.19. The first-order chi connectivity index (χ1) is 12.2. The summed E-state index contributed by atoms with van der Waals surface area (Å²) in [5.41, 5.74) is 1.56. The number of sulfonamides is 1. The summed E-state index contributed by atoms with van der Waals surface area (Å²) in [4.78, 5) is 19.0.